The Morgan fingerprint density at radius 1 is 1.16 bits per heavy atom. The Kier molecular flexibility index (Phi) is 7.01. The second-order valence-electron chi connectivity index (χ2n) is 11.7. The standard InChI is InChI=1S/C29H35F2N3O3S/c1-33-16-23-21(3-2-4-22(23)27(33)36)25(35)13-19-7-5-18(6-8-19)9-11-34-12-10-26-24(17-34)32-28(38-26)37-20-14-29(30,31)15-20/h2-4,18-20H,5-17H2,1H3. The lowest BCUT2D eigenvalue weighted by atomic mass is 9.77. The van der Waals surface area contributed by atoms with E-state index in [-0.39, 0.29) is 24.5 Å². The van der Waals surface area contributed by atoms with E-state index >= 15 is 0 Å². The van der Waals surface area contributed by atoms with Gasteiger partial charge in [-0.15, -0.1) is 0 Å². The first-order chi connectivity index (χ1) is 18.2. The van der Waals surface area contributed by atoms with Crippen LogP contribution in [0.5, 0.6) is 5.19 Å². The average Bonchev–Trinajstić information content (AvgIpc) is 3.41. The molecule has 1 aromatic carbocycles. The molecule has 38 heavy (non-hydrogen) atoms. The number of Topliss-reactive ketones (excluding diaryl/α,β-unsaturated/α-hetero) is 1. The van der Waals surface area contributed by atoms with Crippen LogP contribution in [0.25, 0.3) is 0 Å². The normalized spacial score (nSPS) is 25.1. The maximum Gasteiger partial charge on any atom is 0.273 e. The van der Waals surface area contributed by atoms with E-state index in [1.54, 1.807) is 11.9 Å². The van der Waals surface area contributed by atoms with Gasteiger partial charge < -0.3 is 9.64 Å². The molecule has 0 bridgehead atoms. The molecule has 0 atom stereocenters. The van der Waals surface area contributed by atoms with Crippen LogP contribution in [0.4, 0.5) is 8.78 Å². The molecular formula is C29H35F2N3O3S. The van der Waals surface area contributed by atoms with Gasteiger partial charge in [-0.25, -0.2) is 13.8 Å². The first kappa shape index (κ1) is 25.9. The topological polar surface area (TPSA) is 62.7 Å². The van der Waals surface area contributed by atoms with Crippen molar-refractivity contribution in [3.05, 3.63) is 45.5 Å². The molecule has 2 aliphatic heterocycles. The number of ether oxygens (including phenoxy) is 1. The zero-order valence-corrected chi connectivity index (χ0v) is 22.7. The predicted octanol–water partition coefficient (Wildman–Crippen LogP) is 5.73. The van der Waals surface area contributed by atoms with E-state index in [9.17, 15) is 18.4 Å². The minimum Gasteiger partial charge on any atom is -0.466 e. The Labute approximate surface area is 226 Å². The van der Waals surface area contributed by atoms with Crippen LogP contribution in [0, 0.1) is 11.8 Å². The quantitative estimate of drug-likeness (QED) is 0.398. The van der Waals surface area contributed by atoms with Crippen molar-refractivity contribution in [2.24, 2.45) is 11.8 Å². The molecule has 204 valence electrons. The molecule has 0 radical (unpaired) electrons. The Hall–Kier alpha value is -2.39. The van der Waals surface area contributed by atoms with Crippen LogP contribution in [-0.2, 0) is 19.5 Å². The number of benzene rings is 1. The van der Waals surface area contributed by atoms with Crippen LogP contribution in [0.2, 0.25) is 0 Å². The molecule has 6 rings (SSSR count). The number of fused-ring (bicyclic) bond motifs is 2. The largest absolute Gasteiger partial charge is 0.466 e. The summed E-state index contributed by atoms with van der Waals surface area (Å²) in [7, 11) is 1.78. The second-order valence-corrected chi connectivity index (χ2v) is 12.7. The highest BCUT2D eigenvalue weighted by Gasteiger charge is 2.47. The second kappa shape index (κ2) is 10.3. The molecule has 6 nitrogen and oxygen atoms in total. The smallest absolute Gasteiger partial charge is 0.273 e. The van der Waals surface area contributed by atoms with Crippen molar-refractivity contribution in [3.63, 3.8) is 0 Å². The summed E-state index contributed by atoms with van der Waals surface area (Å²) in [6.45, 7) is 3.36. The van der Waals surface area contributed by atoms with Crippen LogP contribution in [0.15, 0.2) is 18.2 Å². The Balaban J connectivity index is 0.940. The fraction of sp³-hybridized carbons (Fsp3) is 0.621. The number of halogens is 2. The molecule has 0 spiro atoms. The van der Waals surface area contributed by atoms with E-state index in [0.717, 1.165) is 75.0 Å². The van der Waals surface area contributed by atoms with E-state index in [4.69, 9.17) is 4.74 Å². The summed E-state index contributed by atoms with van der Waals surface area (Å²) in [5.41, 5.74) is 3.35. The van der Waals surface area contributed by atoms with Gasteiger partial charge in [-0.2, -0.15) is 0 Å². The first-order valence-electron chi connectivity index (χ1n) is 13.9. The van der Waals surface area contributed by atoms with Crippen LogP contribution in [0.3, 0.4) is 0 Å². The van der Waals surface area contributed by atoms with Crippen molar-refractivity contribution in [1.29, 1.82) is 0 Å². The summed E-state index contributed by atoms with van der Waals surface area (Å²) in [5, 5.41) is 0.546. The van der Waals surface area contributed by atoms with E-state index in [2.05, 4.69) is 9.88 Å². The van der Waals surface area contributed by atoms with E-state index in [0.29, 0.717) is 35.6 Å². The number of carbonyl (C=O) groups is 2. The third kappa shape index (κ3) is 5.37. The van der Waals surface area contributed by atoms with Crippen molar-refractivity contribution in [3.8, 4) is 5.19 Å². The van der Waals surface area contributed by atoms with Crippen molar-refractivity contribution in [1.82, 2.24) is 14.8 Å². The molecule has 4 aliphatic rings. The van der Waals surface area contributed by atoms with Gasteiger partial charge in [0, 0.05) is 61.9 Å². The van der Waals surface area contributed by atoms with Gasteiger partial charge in [-0.1, -0.05) is 36.3 Å². The van der Waals surface area contributed by atoms with Crippen molar-refractivity contribution in [2.75, 3.05) is 20.1 Å². The summed E-state index contributed by atoms with van der Waals surface area (Å²) in [4.78, 5) is 35.4. The number of carbonyl (C=O) groups excluding carboxylic acids is 2. The first-order valence-corrected chi connectivity index (χ1v) is 14.7. The van der Waals surface area contributed by atoms with Crippen LogP contribution in [0.1, 0.15) is 88.2 Å². The molecule has 0 N–H and O–H groups in total. The molecule has 9 heteroatoms. The number of amides is 1. The molecule has 0 saturated heterocycles. The lowest BCUT2D eigenvalue weighted by molar-refractivity contribution is -0.134. The van der Waals surface area contributed by atoms with Gasteiger partial charge in [-0.05, 0) is 55.7 Å². The van der Waals surface area contributed by atoms with E-state index in [1.165, 1.54) is 16.2 Å². The van der Waals surface area contributed by atoms with Gasteiger partial charge in [-0.3, -0.25) is 14.5 Å². The van der Waals surface area contributed by atoms with Crippen LogP contribution < -0.4 is 4.74 Å². The highest BCUT2D eigenvalue weighted by Crippen LogP contribution is 2.41. The third-order valence-corrected chi connectivity index (χ3v) is 9.90. The van der Waals surface area contributed by atoms with Crippen molar-refractivity contribution < 1.29 is 23.1 Å². The number of hydrogen-bond acceptors (Lipinski definition) is 6. The summed E-state index contributed by atoms with van der Waals surface area (Å²) >= 11 is 1.52. The summed E-state index contributed by atoms with van der Waals surface area (Å²) in [5.74, 6) is -1.29. The van der Waals surface area contributed by atoms with Gasteiger partial charge in [0.05, 0.1) is 5.69 Å². The summed E-state index contributed by atoms with van der Waals surface area (Å²) < 4.78 is 31.9. The maximum atomic E-state index is 13.1. The number of hydrogen-bond donors (Lipinski definition) is 0. The molecule has 1 amide bonds. The maximum absolute atomic E-state index is 13.1. The Bertz CT molecular complexity index is 1220. The lowest BCUT2D eigenvalue weighted by Gasteiger charge is -2.33. The Morgan fingerprint density at radius 3 is 2.68 bits per heavy atom. The fourth-order valence-corrected chi connectivity index (χ4v) is 7.47. The highest BCUT2D eigenvalue weighted by molar-refractivity contribution is 7.13. The number of thiazole rings is 1. The summed E-state index contributed by atoms with van der Waals surface area (Å²) in [6, 6.07) is 5.54. The zero-order valence-electron chi connectivity index (χ0n) is 21.9. The minimum absolute atomic E-state index is 0.00431. The van der Waals surface area contributed by atoms with Gasteiger partial charge in [0.15, 0.2) is 5.78 Å². The number of aromatic nitrogens is 1. The third-order valence-electron chi connectivity index (χ3n) is 8.85. The summed E-state index contributed by atoms with van der Waals surface area (Å²) in [6.07, 6.45) is 6.35. The van der Waals surface area contributed by atoms with E-state index < -0.39 is 12.0 Å². The van der Waals surface area contributed by atoms with Gasteiger partial charge >= 0.3 is 0 Å². The lowest BCUT2D eigenvalue weighted by Crippen LogP contribution is -2.43. The average molecular weight is 544 g/mol. The number of rotatable bonds is 8. The molecule has 0 unspecified atom stereocenters. The monoisotopic (exact) mass is 543 g/mol. The molecular weight excluding hydrogens is 508 g/mol. The number of alkyl halides is 2. The molecule has 2 aromatic rings. The molecule has 2 saturated carbocycles. The molecule has 1 aromatic heterocycles. The van der Waals surface area contributed by atoms with Gasteiger partial charge in [0.2, 0.25) is 0 Å². The molecule has 3 heterocycles. The van der Waals surface area contributed by atoms with Gasteiger partial charge in [0.25, 0.3) is 17.0 Å². The molecule has 2 fully saturated rings. The zero-order chi connectivity index (χ0) is 26.4. The minimum atomic E-state index is -2.58. The van der Waals surface area contributed by atoms with Crippen molar-refractivity contribution in [2.45, 2.75) is 82.9 Å². The van der Waals surface area contributed by atoms with Crippen molar-refractivity contribution >= 4 is 23.0 Å². The van der Waals surface area contributed by atoms with Gasteiger partial charge in [0.1, 0.15) is 6.10 Å². The van der Waals surface area contributed by atoms with Crippen LogP contribution in [-0.4, -0.2) is 58.6 Å². The highest BCUT2D eigenvalue weighted by atomic mass is 32.1. The fourth-order valence-electron chi connectivity index (χ4n) is 6.50. The Morgan fingerprint density at radius 2 is 1.92 bits per heavy atom. The predicted molar refractivity (Wildman–Crippen MR) is 141 cm³/mol. The van der Waals surface area contributed by atoms with E-state index in [1.807, 2.05) is 18.2 Å². The SMILES string of the molecule is CN1Cc2c(C(=O)CC3CCC(CCN4CCc5sc(OC6CC(F)(F)C6)nc5C4)CC3)cccc2C1=O. The number of nitrogens with zero attached hydrogens (tertiary/aromatic N) is 3. The van der Waals surface area contributed by atoms with Crippen LogP contribution >= 0.6 is 11.3 Å². The molecule has 2 aliphatic carbocycles. The number of ketones is 1.